The van der Waals surface area contributed by atoms with Crippen LogP contribution < -0.4 is 0 Å². The second-order valence-electron chi connectivity index (χ2n) is 2.77. The first-order valence-corrected chi connectivity index (χ1v) is 3.68. The van der Waals surface area contributed by atoms with Gasteiger partial charge >= 0.3 is 5.92 Å². The number of alkyl halides is 3. The summed E-state index contributed by atoms with van der Waals surface area (Å²) >= 11 is 0. The number of hydrogen-bond donors (Lipinski definition) is 0. The van der Waals surface area contributed by atoms with Gasteiger partial charge in [0.25, 0.3) is 0 Å². The van der Waals surface area contributed by atoms with Gasteiger partial charge in [-0.25, -0.2) is 8.78 Å². The van der Waals surface area contributed by atoms with Gasteiger partial charge in [-0.05, 0) is 18.6 Å². The highest BCUT2D eigenvalue weighted by Gasteiger charge is 2.34. The van der Waals surface area contributed by atoms with Gasteiger partial charge < -0.3 is 0 Å². The van der Waals surface area contributed by atoms with Crippen LogP contribution in [0.15, 0.2) is 18.2 Å². The van der Waals surface area contributed by atoms with Crippen LogP contribution in [0.5, 0.6) is 0 Å². The monoisotopic (exact) mass is 192 g/mol. The first-order chi connectivity index (χ1) is 5.99. The zero-order chi connectivity index (χ0) is 10.1. The Labute approximate surface area is 73.2 Å². The fourth-order valence-electron chi connectivity index (χ4n) is 1.00. The van der Waals surface area contributed by atoms with Gasteiger partial charge in [0.05, 0.1) is 5.56 Å². The maximum atomic E-state index is 13.0. The molecule has 0 nitrogen and oxygen atoms in total. The first kappa shape index (κ1) is 10.0. The van der Waals surface area contributed by atoms with Gasteiger partial charge in [-0.15, -0.1) is 0 Å². The fourth-order valence-corrected chi connectivity index (χ4v) is 1.00. The number of hydrogen-bond acceptors (Lipinski definition) is 0. The van der Waals surface area contributed by atoms with Crippen molar-refractivity contribution in [3.05, 3.63) is 35.1 Å². The van der Waals surface area contributed by atoms with E-state index in [1.54, 1.807) is 0 Å². The third-order valence-electron chi connectivity index (χ3n) is 1.75. The van der Waals surface area contributed by atoms with Crippen molar-refractivity contribution in [1.29, 1.82) is 0 Å². The SMILES string of the molecule is Cc1cccc(C(F)(F)CF)c1F. The molecule has 0 atom stereocenters. The quantitative estimate of drug-likeness (QED) is 0.631. The minimum absolute atomic E-state index is 0.0885. The van der Waals surface area contributed by atoms with Crippen molar-refractivity contribution in [2.45, 2.75) is 12.8 Å². The van der Waals surface area contributed by atoms with Crippen LogP contribution in [-0.2, 0) is 5.92 Å². The van der Waals surface area contributed by atoms with Crippen LogP contribution in [0.4, 0.5) is 17.6 Å². The van der Waals surface area contributed by atoms with Crippen molar-refractivity contribution in [2.75, 3.05) is 6.67 Å². The van der Waals surface area contributed by atoms with E-state index in [0.29, 0.717) is 0 Å². The summed E-state index contributed by atoms with van der Waals surface area (Å²) < 4.78 is 50.3. The summed E-state index contributed by atoms with van der Waals surface area (Å²) in [6, 6.07) is 3.52. The Kier molecular flexibility index (Phi) is 2.59. The first-order valence-electron chi connectivity index (χ1n) is 3.68. The number of rotatable bonds is 2. The maximum absolute atomic E-state index is 13.0. The van der Waals surface area contributed by atoms with E-state index in [4.69, 9.17) is 0 Å². The molecule has 0 radical (unpaired) electrons. The van der Waals surface area contributed by atoms with Gasteiger partial charge in [0.2, 0.25) is 0 Å². The van der Waals surface area contributed by atoms with E-state index in [0.717, 1.165) is 6.07 Å². The molecule has 72 valence electrons. The Bertz CT molecular complexity index is 306. The zero-order valence-corrected chi connectivity index (χ0v) is 6.95. The number of aryl methyl sites for hydroxylation is 1. The van der Waals surface area contributed by atoms with Gasteiger partial charge in [-0.1, -0.05) is 12.1 Å². The van der Waals surface area contributed by atoms with Gasteiger partial charge in [0.15, 0.2) is 6.67 Å². The lowest BCUT2D eigenvalue weighted by atomic mass is 10.1. The second-order valence-corrected chi connectivity index (χ2v) is 2.77. The number of halogens is 4. The third kappa shape index (κ3) is 1.82. The number of benzene rings is 1. The third-order valence-corrected chi connectivity index (χ3v) is 1.75. The molecule has 0 aliphatic rings. The van der Waals surface area contributed by atoms with Crippen LogP contribution >= 0.6 is 0 Å². The molecule has 0 saturated heterocycles. The molecule has 0 aliphatic heterocycles. The van der Waals surface area contributed by atoms with Crippen molar-refractivity contribution in [1.82, 2.24) is 0 Å². The lowest BCUT2D eigenvalue weighted by Gasteiger charge is -2.13. The normalized spacial score (nSPS) is 11.8. The lowest BCUT2D eigenvalue weighted by molar-refractivity contribution is -0.0312. The molecular formula is C9H8F4. The highest BCUT2D eigenvalue weighted by Crippen LogP contribution is 2.31. The molecule has 1 rings (SSSR count). The molecule has 1 aromatic carbocycles. The van der Waals surface area contributed by atoms with E-state index < -0.39 is 24.0 Å². The van der Waals surface area contributed by atoms with Crippen LogP contribution in [-0.4, -0.2) is 6.67 Å². The van der Waals surface area contributed by atoms with E-state index in [1.165, 1.54) is 19.1 Å². The molecule has 0 aliphatic carbocycles. The van der Waals surface area contributed by atoms with Crippen molar-refractivity contribution in [2.24, 2.45) is 0 Å². The zero-order valence-electron chi connectivity index (χ0n) is 6.95. The van der Waals surface area contributed by atoms with E-state index in [1.807, 2.05) is 0 Å². The summed E-state index contributed by atoms with van der Waals surface area (Å²) in [6.45, 7) is -0.527. The average molecular weight is 192 g/mol. The summed E-state index contributed by atoms with van der Waals surface area (Å²) in [5, 5.41) is 0. The molecule has 0 unspecified atom stereocenters. The fraction of sp³-hybridized carbons (Fsp3) is 0.333. The molecule has 0 amide bonds. The highest BCUT2D eigenvalue weighted by atomic mass is 19.3. The Balaban J connectivity index is 3.22. The van der Waals surface area contributed by atoms with E-state index in [9.17, 15) is 17.6 Å². The standard InChI is InChI=1S/C9H8F4/c1-6-3-2-4-7(8(6)11)9(12,13)5-10/h2-4H,5H2,1H3. The Morgan fingerprint density at radius 3 is 2.46 bits per heavy atom. The molecule has 0 N–H and O–H groups in total. The molecule has 0 spiro atoms. The van der Waals surface area contributed by atoms with Crippen molar-refractivity contribution in [3.8, 4) is 0 Å². The van der Waals surface area contributed by atoms with Gasteiger partial charge in [-0.2, -0.15) is 8.78 Å². The average Bonchev–Trinajstić information content (AvgIpc) is 2.09. The van der Waals surface area contributed by atoms with E-state index in [-0.39, 0.29) is 5.56 Å². The van der Waals surface area contributed by atoms with Crippen LogP contribution in [0, 0.1) is 12.7 Å². The highest BCUT2D eigenvalue weighted by molar-refractivity contribution is 5.28. The van der Waals surface area contributed by atoms with E-state index in [2.05, 4.69) is 0 Å². The molecular weight excluding hydrogens is 184 g/mol. The summed E-state index contributed by atoms with van der Waals surface area (Å²) in [5.74, 6) is -4.76. The molecule has 4 heteroatoms. The molecule has 0 heterocycles. The lowest BCUT2D eigenvalue weighted by Crippen LogP contribution is -2.18. The van der Waals surface area contributed by atoms with Crippen molar-refractivity contribution in [3.63, 3.8) is 0 Å². The van der Waals surface area contributed by atoms with Gasteiger partial charge in [-0.3, -0.25) is 0 Å². The Morgan fingerprint density at radius 1 is 1.31 bits per heavy atom. The summed E-state index contributed by atoms with van der Waals surface area (Å²) in [5.41, 5.74) is -0.791. The largest absolute Gasteiger partial charge is 0.303 e. The Morgan fingerprint density at radius 2 is 1.92 bits per heavy atom. The van der Waals surface area contributed by atoms with Crippen LogP contribution in [0.1, 0.15) is 11.1 Å². The van der Waals surface area contributed by atoms with Crippen molar-refractivity contribution >= 4 is 0 Å². The predicted octanol–water partition coefficient (Wildman–Crippen LogP) is 3.20. The smallest absolute Gasteiger partial charge is 0.244 e. The molecule has 0 bridgehead atoms. The topological polar surface area (TPSA) is 0 Å². The molecule has 1 aromatic rings. The van der Waals surface area contributed by atoms with Crippen LogP contribution in [0.2, 0.25) is 0 Å². The van der Waals surface area contributed by atoms with Gasteiger partial charge in [0, 0.05) is 0 Å². The second kappa shape index (κ2) is 3.36. The van der Waals surface area contributed by atoms with Crippen LogP contribution in [0.25, 0.3) is 0 Å². The van der Waals surface area contributed by atoms with Gasteiger partial charge in [0.1, 0.15) is 5.82 Å². The van der Waals surface area contributed by atoms with Crippen LogP contribution in [0.3, 0.4) is 0 Å². The summed E-state index contributed by atoms with van der Waals surface area (Å²) in [4.78, 5) is 0. The molecule has 0 aromatic heterocycles. The molecule has 0 saturated carbocycles. The summed E-state index contributed by atoms with van der Waals surface area (Å²) in [7, 11) is 0. The minimum atomic E-state index is -3.73. The molecule has 13 heavy (non-hydrogen) atoms. The minimum Gasteiger partial charge on any atom is -0.244 e. The van der Waals surface area contributed by atoms with Crippen molar-refractivity contribution < 1.29 is 17.6 Å². The molecule has 0 fully saturated rings. The summed E-state index contributed by atoms with van der Waals surface area (Å²) in [6.07, 6.45) is 0. The maximum Gasteiger partial charge on any atom is 0.303 e. The van der Waals surface area contributed by atoms with E-state index >= 15 is 0 Å². The Hall–Kier alpha value is -1.06. The predicted molar refractivity (Wildman–Crippen MR) is 41.0 cm³/mol.